The van der Waals surface area contributed by atoms with Crippen LogP contribution < -0.4 is 4.90 Å². The second-order valence-electron chi connectivity index (χ2n) is 4.29. The molecule has 1 heterocycles. The predicted molar refractivity (Wildman–Crippen MR) is 79.1 cm³/mol. The molecule has 0 spiro atoms. The highest BCUT2D eigenvalue weighted by Crippen LogP contribution is 2.19. The van der Waals surface area contributed by atoms with Gasteiger partial charge in [-0.05, 0) is 19.1 Å². The summed E-state index contributed by atoms with van der Waals surface area (Å²) in [7, 11) is 1.69. The van der Waals surface area contributed by atoms with Gasteiger partial charge in [0, 0.05) is 26.1 Å². The maximum atomic E-state index is 5.86. The Kier molecular flexibility index (Phi) is 4.93. The van der Waals surface area contributed by atoms with Crippen molar-refractivity contribution in [1.29, 1.82) is 0 Å². The molecule has 0 saturated heterocycles. The molecule has 0 fully saturated rings. The largest absolute Gasteiger partial charge is 0.383 e. The molecule has 0 aliphatic heterocycles. The zero-order chi connectivity index (χ0) is 13.7. The average molecular weight is 280 g/mol. The Balaban J connectivity index is 2.37. The molecule has 0 aliphatic carbocycles. The monoisotopic (exact) mass is 279 g/mol. The summed E-state index contributed by atoms with van der Waals surface area (Å²) in [6.07, 6.45) is 0. The van der Waals surface area contributed by atoms with Crippen LogP contribution in [0.5, 0.6) is 0 Å². The van der Waals surface area contributed by atoms with Gasteiger partial charge in [-0.25, -0.2) is 9.97 Å². The first kappa shape index (κ1) is 14.0. The molecular formula is C14H18ClN3O. The van der Waals surface area contributed by atoms with E-state index in [4.69, 9.17) is 21.3 Å². The van der Waals surface area contributed by atoms with Gasteiger partial charge < -0.3 is 9.64 Å². The van der Waals surface area contributed by atoms with E-state index >= 15 is 0 Å². The smallest absolute Gasteiger partial charge is 0.150 e. The van der Waals surface area contributed by atoms with Crippen molar-refractivity contribution >= 4 is 28.5 Å². The molecule has 2 aromatic rings. The molecule has 4 nitrogen and oxygen atoms in total. The quantitative estimate of drug-likeness (QED) is 0.762. The van der Waals surface area contributed by atoms with E-state index in [-0.39, 0.29) is 0 Å². The maximum Gasteiger partial charge on any atom is 0.150 e. The van der Waals surface area contributed by atoms with Crippen LogP contribution in [0.4, 0.5) is 5.82 Å². The van der Waals surface area contributed by atoms with Crippen molar-refractivity contribution in [3.63, 3.8) is 0 Å². The van der Waals surface area contributed by atoms with E-state index in [0.717, 1.165) is 35.6 Å². The summed E-state index contributed by atoms with van der Waals surface area (Å²) in [6, 6.07) is 7.88. The van der Waals surface area contributed by atoms with E-state index in [1.54, 1.807) is 7.11 Å². The van der Waals surface area contributed by atoms with Gasteiger partial charge in [-0.3, -0.25) is 0 Å². The number of rotatable bonds is 6. The molecule has 0 radical (unpaired) electrons. The van der Waals surface area contributed by atoms with E-state index in [9.17, 15) is 0 Å². The third-order valence-electron chi connectivity index (χ3n) is 2.94. The second kappa shape index (κ2) is 6.68. The van der Waals surface area contributed by atoms with Crippen molar-refractivity contribution < 1.29 is 4.74 Å². The Morgan fingerprint density at radius 3 is 2.47 bits per heavy atom. The summed E-state index contributed by atoms with van der Waals surface area (Å²) in [5.41, 5.74) is 2.74. The van der Waals surface area contributed by atoms with Gasteiger partial charge in [0.2, 0.25) is 0 Å². The molecule has 0 N–H and O–H groups in total. The summed E-state index contributed by atoms with van der Waals surface area (Å²) in [5.74, 6) is 1.44. The highest BCUT2D eigenvalue weighted by atomic mass is 35.5. The van der Waals surface area contributed by atoms with E-state index in [0.29, 0.717) is 12.5 Å². The molecule has 5 heteroatoms. The topological polar surface area (TPSA) is 38.2 Å². The summed E-state index contributed by atoms with van der Waals surface area (Å²) in [4.78, 5) is 11.4. The fraction of sp³-hybridized carbons (Fsp3) is 0.429. The number of methoxy groups -OCH3 is 1. The lowest BCUT2D eigenvalue weighted by Gasteiger charge is -2.23. The number of anilines is 1. The molecular weight excluding hydrogens is 262 g/mol. The zero-order valence-electron chi connectivity index (χ0n) is 11.3. The van der Waals surface area contributed by atoms with Gasteiger partial charge in [-0.2, -0.15) is 0 Å². The van der Waals surface area contributed by atoms with E-state index in [2.05, 4.69) is 9.88 Å². The first-order chi connectivity index (χ1) is 9.26. The molecule has 0 atom stereocenters. The van der Waals surface area contributed by atoms with Crippen molar-refractivity contribution in [3.8, 4) is 0 Å². The Bertz CT molecular complexity index is 547. The van der Waals surface area contributed by atoms with Crippen LogP contribution in [0.15, 0.2) is 24.3 Å². The number of fused-ring (bicyclic) bond motifs is 1. The fourth-order valence-electron chi connectivity index (χ4n) is 2.01. The highest BCUT2D eigenvalue weighted by Gasteiger charge is 2.12. The summed E-state index contributed by atoms with van der Waals surface area (Å²) in [5, 5.41) is 0. The SMILES string of the molecule is COCCN(CCCl)c1nc2ccccc2nc1C. The third kappa shape index (κ3) is 3.33. The maximum absolute atomic E-state index is 5.86. The molecule has 0 amide bonds. The summed E-state index contributed by atoms with van der Waals surface area (Å²) >= 11 is 5.86. The number of ether oxygens (including phenoxy) is 1. The van der Waals surface area contributed by atoms with E-state index in [1.807, 2.05) is 31.2 Å². The Morgan fingerprint density at radius 2 is 1.84 bits per heavy atom. The molecule has 0 unspecified atom stereocenters. The van der Waals surface area contributed by atoms with Crippen LogP contribution in [0.2, 0.25) is 0 Å². The minimum atomic E-state index is 0.553. The van der Waals surface area contributed by atoms with Crippen LogP contribution in [0, 0.1) is 6.92 Å². The molecule has 0 aliphatic rings. The number of para-hydroxylation sites is 2. The van der Waals surface area contributed by atoms with Gasteiger partial charge in [0.05, 0.1) is 23.3 Å². The number of nitrogens with zero attached hydrogens (tertiary/aromatic N) is 3. The van der Waals surface area contributed by atoms with Gasteiger partial charge >= 0.3 is 0 Å². The lowest BCUT2D eigenvalue weighted by atomic mass is 10.3. The van der Waals surface area contributed by atoms with Crippen LogP contribution in [-0.2, 0) is 4.74 Å². The molecule has 1 aromatic carbocycles. The minimum absolute atomic E-state index is 0.553. The summed E-state index contributed by atoms with van der Waals surface area (Å²) < 4.78 is 5.13. The van der Waals surface area contributed by atoms with E-state index < -0.39 is 0 Å². The number of aryl methyl sites for hydroxylation is 1. The molecule has 2 rings (SSSR count). The second-order valence-corrected chi connectivity index (χ2v) is 4.67. The molecule has 0 bridgehead atoms. The van der Waals surface area contributed by atoms with Crippen molar-refractivity contribution in [2.24, 2.45) is 0 Å². The van der Waals surface area contributed by atoms with Crippen molar-refractivity contribution in [2.75, 3.05) is 37.6 Å². The molecule has 0 saturated carbocycles. The minimum Gasteiger partial charge on any atom is -0.383 e. The number of aromatic nitrogens is 2. The number of halogens is 1. The van der Waals surface area contributed by atoms with Gasteiger partial charge in [-0.15, -0.1) is 11.6 Å². The number of benzene rings is 1. The fourth-order valence-corrected chi connectivity index (χ4v) is 2.21. The van der Waals surface area contributed by atoms with Crippen molar-refractivity contribution in [3.05, 3.63) is 30.0 Å². The van der Waals surface area contributed by atoms with Gasteiger partial charge in [0.15, 0.2) is 5.82 Å². The normalized spacial score (nSPS) is 10.9. The Labute approximate surface area is 118 Å². The number of hydrogen-bond donors (Lipinski definition) is 0. The van der Waals surface area contributed by atoms with Crippen LogP contribution in [0.25, 0.3) is 11.0 Å². The van der Waals surface area contributed by atoms with Crippen molar-refractivity contribution in [1.82, 2.24) is 9.97 Å². The lowest BCUT2D eigenvalue weighted by molar-refractivity contribution is 0.205. The number of alkyl halides is 1. The van der Waals surface area contributed by atoms with Crippen LogP contribution in [-0.4, -0.2) is 42.7 Å². The molecule has 1 aromatic heterocycles. The highest BCUT2D eigenvalue weighted by molar-refractivity contribution is 6.18. The third-order valence-corrected chi connectivity index (χ3v) is 3.11. The summed E-state index contributed by atoms with van der Waals surface area (Å²) in [6.45, 7) is 4.11. The van der Waals surface area contributed by atoms with Crippen LogP contribution in [0.1, 0.15) is 5.69 Å². The van der Waals surface area contributed by atoms with Gasteiger partial charge in [-0.1, -0.05) is 12.1 Å². The predicted octanol–water partition coefficient (Wildman–Crippen LogP) is 2.63. The Hall–Kier alpha value is -1.39. The van der Waals surface area contributed by atoms with Crippen molar-refractivity contribution in [2.45, 2.75) is 6.92 Å². The van der Waals surface area contributed by atoms with Crippen LogP contribution >= 0.6 is 11.6 Å². The van der Waals surface area contributed by atoms with Gasteiger partial charge in [0.1, 0.15) is 0 Å². The molecule has 102 valence electrons. The zero-order valence-corrected chi connectivity index (χ0v) is 12.0. The standard InChI is InChI=1S/C14H18ClN3O/c1-11-14(18(8-7-15)9-10-19-2)17-13-6-4-3-5-12(13)16-11/h3-6H,7-10H2,1-2H3. The average Bonchev–Trinajstić information content (AvgIpc) is 2.43. The van der Waals surface area contributed by atoms with Gasteiger partial charge in [0.25, 0.3) is 0 Å². The van der Waals surface area contributed by atoms with Crippen LogP contribution in [0.3, 0.4) is 0 Å². The van der Waals surface area contributed by atoms with E-state index in [1.165, 1.54) is 0 Å². The first-order valence-electron chi connectivity index (χ1n) is 6.29. The Morgan fingerprint density at radius 1 is 1.16 bits per heavy atom. The first-order valence-corrected chi connectivity index (χ1v) is 6.83. The molecule has 19 heavy (non-hydrogen) atoms. The number of hydrogen-bond acceptors (Lipinski definition) is 4. The lowest BCUT2D eigenvalue weighted by Crippen LogP contribution is -2.31.